The third-order valence-corrected chi connectivity index (χ3v) is 5.23. The van der Waals surface area contributed by atoms with Crippen molar-refractivity contribution < 1.29 is 18.7 Å². The van der Waals surface area contributed by atoms with E-state index in [-0.39, 0.29) is 6.04 Å². The van der Waals surface area contributed by atoms with E-state index in [1.54, 1.807) is 14.0 Å². The molecule has 146 valence electrons. The normalized spacial score (nSPS) is 14.8. The molecule has 3 aromatic rings. The Morgan fingerprint density at radius 3 is 2.61 bits per heavy atom. The van der Waals surface area contributed by atoms with Crippen molar-refractivity contribution in [2.45, 2.75) is 32.4 Å². The number of fused-ring (bicyclic) bond motifs is 1. The summed E-state index contributed by atoms with van der Waals surface area (Å²) in [5.74, 6) is 1.34. The fourth-order valence-electron chi connectivity index (χ4n) is 3.65. The van der Waals surface area contributed by atoms with Crippen molar-refractivity contribution in [1.29, 1.82) is 0 Å². The van der Waals surface area contributed by atoms with Gasteiger partial charge < -0.3 is 19.2 Å². The fraction of sp³-hybridized carbons (Fsp3) is 0.348. The Morgan fingerprint density at radius 2 is 1.93 bits per heavy atom. The molecule has 0 amide bonds. The minimum atomic E-state index is -0.414. The Kier molecular flexibility index (Phi) is 5.35. The zero-order chi connectivity index (χ0) is 19.5. The van der Waals surface area contributed by atoms with Gasteiger partial charge in [-0.15, -0.1) is 0 Å². The van der Waals surface area contributed by atoms with Gasteiger partial charge in [0, 0.05) is 23.5 Å². The van der Waals surface area contributed by atoms with Crippen molar-refractivity contribution in [1.82, 2.24) is 5.32 Å². The van der Waals surface area contributed by atoms with E-state index in [4.69, 9.17) is 13.9 Å². The van der Waals surface area contributed by atoms with Gasteiger partial charge in [-0.1, -0.05) is 30.3 Å². The van der Waals surface area contributed by atoms with Crippen LogP contribution in [0.25, 0.3) is 11.0 Å². The van der Waals surface area contributed by atoms with E-state index in [1.807, 2.05) is 36.4 Å². The van der Waals surface area contributed by atoms with Crippen LogP contribution in [0.5, 0.6) is 5.75 Å². The molecule has 0 aliphatic heterocycles. The van der Waals surface area contributed by atoms with Gasteiger partial charge >= 0.3 is 5.97 Å². The highest BCUT2D eigenvalue weighted by Crippen LogP contribution is 2.41. The highest BCUT2D eigenvalue weighted by atomic mass is 16.5. The maximum Gasteiger partial charge on any atom is 0.374 e. The maximum atomic E-state index is 12.4. The van der Waals surface area contributed by atoms with Gasteiger partial charge in [-0.25, -0.2) is 4.79 Å². The highest BCUT2D eigenvalue weighted by molar-refractivity contribution is 5.96. The van der Waals surface area contributed by atoms with E-state index in [2.05, 4.69) is 17.4 Å². The summed E-state index contributed by atoms with van der Waals surface area (Å²) < 4.78 is 16.3. The summed E-state index contributed by atoms with van der Waals surface area (Å²) in [5, 5.41) is 4.61. The first-order valence-corrected chi connectivity index (χ1v) is 9.76. The second-order valence-electron chi connectivity index (χ2n) is 7.10. The zero-order valence-electron chi connectivity index (χ0n) is 16.2. The molecule has 1 aromatic heterocycles. The summed E-state index contributed by atoms with van der Waals surface area (Å²) in [6.45, 7) is 2.66. The molecule has 1 unspecified atom stereocenters. The number of esters is 1. The van der Waals surface area contributed by atoms with Crippen LogP contribution in [0.15, 0.2) is 52.9 Å². The second kappa shape index (κ2) is 8.07. The zero-order valence-corrected chi connectivity index (χ0v) is 16.2. The summed E-state index contributed by atoms with van der Waals surface area (Å²) in [4.78, 5) is 12.4. The van der Waals surface area contributed by atoms with Crippen molar-refractivity contribution in [2.75, 3.05) is 13.7 Å². The number of methoxy groups -OCH3 is 1. The Bertz CT molecular complexity index is 956. The van der Waals surface area contributed by atoms with Crippen molar-refractivity contribution in [3.63, 3.8) is 0 Å². The molecule has 5 heteroatoms. The predicted octanol–water partition coefficient (Wildman–Crippen LogP) is 4.86. The van der Waals surface area contributed by atoms with Crippen LogP contribution >= 0.6 is 0 Å². The van der Waals surface area contributed by atoms with Gasteiger partial charge in [-0.05, 0) is 49.4 Å². The van der Waals surface area contributed by atoms with Gasteiger partial charge in [0.25, 0.3) is 0 Å². The molecule has 1 N–H and O–H groups in total. The van der Waals surface area contributed by atoms with Crippen LogP contribution in [0.2, 0.25) is 0 Å². The third-order valence-electron chi connectivity index (χ3n) is 5.23. The average Bonchev–Trinajstić information content (AvgIpc) is 3.49. The molecular formula is C23H25NO4. The van der Waals surface area contributed by atoms with Crippen LogP contribution in [0.1, 0.15) is 47.5 Å². The number of carbonyl (C=O) groups is 1. The lowest BCUT2D eigenvalue weighted by atomic mass is 10.0. The summed E-state index contributed by atoms with van der Waals surface area (Å²) in [7, 11) is 1.67. The molecule has 4 rings (SSSR count). The van der Waals surface area contributed by atoms with Gasteiger partial charge in [-0.2, -0.15) is 0 Å². The quantitative estimate of drug-likeness (QED) is 0.567. The van der Waals surface area contributed by atoms with E-state index in [1.165, 1.54) is 18.4 Å². The van der Waals surface area contributed by atoms with Gasteiger partial charge in [0.2, 0.25) is 5.76 Å². The highest BCUT2D eigenvalue weighted by Gasteiger charge is 2.33. The lowest BCUT2D eigenvalue weighted by Crippen LogP contribution is -2.23. The van der Waals surface area contributed by atoms with E-state index in [0.717, 1.165) is 16.7 Å². The van der Waals surface area contributed by atoms with Crippen LogP contribution in [-0.4, -0.2) is 19.7 Å². The minimum Gasteiger partial charge on any atom is -0.497 e. The Hall–Kier alpha value is -2.79. The number of ether oxygens (including phenoxy) is 2. The molecule has 28 heavy (non-hydrogen) atoms. The molecule has 1 fully saturated rings. The maximum absolute atomic E-state index is 12.4. The first kappa shape index (κ1) is 18.6. The molecule has 0 radical (unpaired) electrons. The predicted molar refractivity (Wildman–Crippen MR) is 107 cm³/mol. The first-order chi connectivity index (χ1) is 13.7. The Morgan fingerprint density at radius 1 is 1.18 bits per heavy atom. The lowest BCUT2D eigenvalue weighted by molar-refractivity contribution is 0.0490. The van der Waals surface area contributed by atoms with Crippen molar-refractivity contribution in [3.05, 3.63) is 65.4 Å². The molecule has 0 bridgehead atoms. The third kappa shape index (κ3) is 3.76. The number of furan rings is 1. The summed E-state index contributed by atoms with van der Waals surface area (Å²) in [6, 6.07) is 16.1. The van der Waals surface area contributed by atoms with Crippen LogP contribution in [0.4, 0.5) is 0 Å². The molecule has 5 nitrogen and oxygen atoms in total. The number of carbonyl (C=O) groups excluding carboxylic acids is 1. The SMILES string of the molecule is CCOC(=O)c1oc2ccccc2c1CNC(c1ccc(OC)cc1)C1CC1. The van der Waals surface area contributed by atoms with E-state index in [0.29, 0.717) is 30.4 Å². The minimum absolute atomic E-state index is 0.231. The summed E-state index contributed by atoms with van der Waals surface area (Å²) >= 11 is 0. The number of rotatable bonds is 8. The monoisotopic (exact) mass is 379 g/mol. The van der Waals surface area contributed by atoms with Crippen LogP contribution in [0, 0.1) is 5.92 Å². The summed E-state index contributed by atoms with van der Waals surface area (Å²) in [6.07, 6.45) is 2.42. The largest absolute Gasteiger partial charge is 0.497 e. The topological polar surface area (TPSA) is 60.7 Å². The fourth-order valence-corrected chi connectivity index (χ4v) is 3.65. The molecular weight excluding hydrogens is 354 g/mol. The van der Waals surface area contributed by atoms with Gasteiger partial charge in [-0.3, -0.25) is 0 Å². The van der Waals surface area contributed by atoms with Gasteiger partial charge in [0.1, 0.15) is 11.3 Å². The molecule has 1 saturated carbocycles. The molecule has 1 aliphatic rings. The Balaban J connectivity index is 1.61. The molecule has 0 spiro atoms. The summed E-state index contributed by atoms with van der Waals surface area (Å²) in [5.41, 5.74) is 2.79. The van der Waals surface area contributed by atoms with E-state index in [9.17, 15) is 4.79 Å². The molecule has 1 aliphatic carbocycles. The number of hydrogen-bond donors (Lipinski definition) is 1. The molecule has 1 heterocycles. The second-order valence-corrected chi connectivity index (χ2v) is 7.10. The van der Waals surface area contributed by atoms with Crippen LogP contribution in [-0.2, 0) is 11.3 Å². The van der Waals surface area contributed by atoms with Crippen LogP contribution < -0.4 is 10.1 Å². The van der Waals surface area contributed by atoms with E-state index < -0.39 is 5.97 Å². The number of hydrogen-bond acceptors (Lipinski definition) is 5. The van der Waals surface area contributed by atoms with Crippen molar-refractivity contribution >= 4 is 16.9 Å². The molecule has 2 aromatic carbocycles. The number of nitrogens with one attached hydrogen (secondary N) is 1. The van der Waals surface area contributed by atoms with Crippen molar-refractivity contribution in [3.8, 4) is 5.75 Å². The molecule has 1 atom stereocenters. The van der Waals surface area contributed by atoms with E-state index >= 15 is 0 Å². The van der Waals surface area contributed by atoms with Crippen molar-refractivity contribution in [2.24, 2.45) is 5.92 Å². The Labute approximate surface area is 164 Å². The number of para-hydroxylation sites is 1. The first-order valence-electron chi connectivity index (χ1n) is 9.76. The lowest BCUT2D eigenvalue weighted by Gasteiger charge is -2.19. The van der Waals surface area contributed by atoms with Gasteiger partial charge in [0.05, 0.1) is 13.7 Å². The average molecular weight is 379 g/mol. The smallest absolute Gasteiger partial charge is 0.374 e. The number of benzene rings is 2. The molecule has 0 saturated heterocycles. The van der Waals surface area contributed by atoms with Crippen LogP contribution in [0.3, 0.4) is 0 Å². The standard InChI is InChI=1S/C23H25NO4/c1-3-27-23(25)22-19(18-6-4-5-7-20(18)28-22)14-24-21(15-8-9-15)16-10-12-17(26-2)13-11-16/h4-7,10-13,15,21,24H,3,8-9,14H2,1-2H3. The van der Waals surface area contributed by atoms with Gasteiger partial charge in [0.15, 0.2) is 0 Å².